The fourth-order valence-corrected chi connectivity index (χ4v) is 3.68. The van der Waals surface area contributed by atoms with Crippen molar-refractivity contribution in [2.24, 2.45) is 0 Å². The lowest BCUT2D eigenvalue weighted by Crippen LogP contribution is -2.31. The van der Waals surface area contributed by atoms with Gasteiger partial charge >= 0.3 is 0 Å². The first-order valence-corrected chi connectivity index (χ1v) is 8.10. The van der Waals surface area contributed by atoms with E-state index in [1.165, 1.54) is 16.9 Å². The molecule has 1 aliphatic carbocycles. The number of amides is 1. The van der Waals surface area contributed by atoms with E-state index in [-0.39, 0.29) is 5.91 Å². The Morgan fingerprint density at radius 1 is 1.44 bits per heavy atom. The van der Waals surface area contributed by atoms with E-state index < -0.39 is 0 Å². The molecule has 5 heteroatoms. The maximum absolute atomic E-state index is 12.5. The van der Waals surface area contributed by atoms with Gasteiger partial charge in [-0.1, -0.05) is 0 Å². The van der Waals surface area contributed by atoms with Gasteiger partial charge in [0.1, 0.15) is 0 Å². The number of carbonyl (C=O) groups excluding carboxylic acids is 1. The Morgan fingerprint density at radius 3 is 2.83 bits per heavy atom. The summed E-state index contributed by atoms with van der Waals surface area (Å²) < 4.78 is 0. The van der Waals surface area contributed by atoms with Crippen LogP contribution in [0.3, 0.4) is 0 Å². The summed E-state index contributed by atoms with van der Waals surface area (Å²) in [5.41, 5.74) is 1.22. The van der Waals surface area contributed by atoms with Crippen LogP contribution in [0.1, 0.15) is 28.1 Å². The lowest BCUT2D eigenvalue weighted by atomic mass is 10.3. The van der Waals surface area contributed by atoms with Gasteiger partial charge in [-0.3, -0.25) is 4.79 Å². The van der Waals surface area contributed by atoms with Gasteiger partial charge in [-0.05, 0) is 41.3 Å². The Hall–Kier alpha value is -0.780. The van der Waals surface area contributed by atoms with Gasteiger partial charge in [-0.25, -0.2) is 0 Å². The summed E-state index contributed by atoms with van der Waals surface area (Å²) in [6.45, 7) is 0.729. The molecule has 94 valence electrons. The van der Waals surface area contributed by atoms with Crippen molar-refractivity contribution < 1.29 is 4.79 Å². The number of carbonyl (C=O) groups is 1. The molecule has 0 atom stereocenters. The summed E-state index contributed by atoms with van der Waals surface area (Å²) in [4.78, 5) is 16.1. The molecule has 0 spiro atoms. The molecule has 0 aliphatic heterocycles. The molecule has 1 fully saturated rings. The first kappa shape index (κ1) is 12.3. The topological polar surface area (TPSA) is 20.3 Å². The molecular formula is C13H13NOS3. The van der Waals surface area contributed by atoms with E-state index >= 15 is 0 Å². The van der Waals surface area contributed by atoms with Crippen molar-refractivity contribution in [3.8, 4) is 0 Å². The zero-order chi connectivity index (χ0) is 12.5. The average molecular weight is 295 g/mol. The molecule has 0 aromatic carbocycles. The molecular weight excluding hydrogens is 282 g/mol. The number of hydrogen-bond acceptors (Lipinski definition) is 4. The standard InChI is InChI=1S/C13H13NOS3/c15-13(12-5-11(16)8-18-12)14(10-1-2-10)6-9-3-4-17-7-9/h3-5,7-8,10,16H,1-2,6H2. The number of thiophene rings is 2. The van der Waals surface area contributed by atoms with Crippen molar-refractivity contribution in [1.82, 2.24) is 4.90 Å². The molecule has 2 nitrogen and oxygen atoms in total. The largest absolute Gasteiger partial charge is 0.331 e. The van der Waals surface area contributed by atoms with E-state index in [1.54, 1.807) is 11.3 Å². The Bertz CT molecular complexity index is 542. The van der Waals surface area contributed by atoms with E-state index in [0.29, 0.717) is 6.04 Å². The van der Waals surface area contributed by atoms with E-state index in [2.05, 4.69) is 29.5 Å². The van der Waals surface area contributed by atoms with Crippen molar-refractivity contribution in [2.45, 2.75) is 30.3 Å². The molecule has 18 heavy (non-hydrogen) atoms. The van der Waals surface area contributed by atoms with Crippen LogP contribution in [0.25, 0.3) is 0 Å². The third-order valence-electron chi connectivity index (χ3n) is 2.98. The van der Waals surface area contributed by atoms with Gasteiger partial charge in [0.25, 0.3) is 5.91 Å². The smallest absolute Gasteiger partial charge is 0.264 e. The second-order valence-electron chi connectivity index (χ2n) is 4.46. The average Bonchev–Trinajstić information content (AvgIpc) is 2.88. The maximum Gasteiger partial charge on any atom is 0.264 e. The van der Waals surface area contributed by atoms with Gasteiger partial charge in [0.05, 0.1) is 4.88 Å². The zero-order valence-corrected chi connectivity index (χ0v) is 12.2. The fraction of sp³-hybridized carbons (Fsp3) is 0.308. The predicted octanol–water partition coefficient (Wildman–Crippen LogP) is 3.90. The third-order valence-corrected chi connectivity index (χ3v) is 5.06. The van der Waals surface area contributed by atoms with Crippen LogP contribution in [-0.2, 0) is 6.54 Å². The molecule has 0 unspecified atom stereocenters. The van der Waals surface area contributed by atoms with Crippen LogP contribution in [0.4, 0.5) is 0 Å². The summed E-state index contributed by atoms with van der Waals surface area (Å²) in [6, 6.07) is 4.38. The molecule has 2 heterocycles. The molecule has 1 saturated carbocycles. The normalized spacial score (nSPS) is 14.7. The Labute approximate surface area is 120 Å². The van der Waals surface area contributed by atoms with Gasteiger partial charge in [0.15, 0.2) is 0 Å². The van der Waals surface area contributed by atoms with Crippen molar-refractivity contribution >= 4 is 41.2 Å². The molecule has 1 amide bonds. The molecule has 2 aromatic rings. The number of nitrogens with zero attached hydrogens (tertiary/aromatic N) is 1. The fourth-order valence-electron chi connectivity index (χ4n) is 1.91. The second-order valence-corrected chi connectivity index (χ2v) is 6.67. The van der Waals surface area contributed by atoms with Crippen LogP contribution in [0, 0.1) is 0 Å². The van der Waals surface area contributed by atoms with Crippen molar-refractivity contribution in [2.75, 3.05) is 0 Å². The number of thiol groups is 1. The van der Waals surface area contributed by atoms with Crippen LogP contribution in [-0.4, -0.2) is 16.8 Å². The summed E-state index contributed by atoms with van der Waals surface area (Å²) in [7, 11) is 0. The van der Waals surface area contributed by atoms with Crippen LogP contribution >= 0.6 is 35.3 Å². The highest BCUT2D eigenvalue weighted by Gasteiger charge is 2.33. The summed E-state index contributed by atoms with van der Waals surface area (Å²) in [5.74, 6) is 0.147. The second kappa shape index (κ2) is 5.07. The van der Waals surface area contributed by atoms with E-state index in [0.717, 1.165) is 29.2 Å². The minimum Gasteiger partial charge on any atom is -0.331 e. The zero-order valence-electron chi connectivity index (χ0n) is 9.70. The predicted molar refractivity (Wildman–Crippen MR) is 78.8 cm³/mol. The van der Waals surface area contributed by atoms with Crippen LogP contribution in [0.2, 0.25) is 0 Å². The minimum absolute atomic E-state index is 0.147. The molecule has 0 bridgehead atoms. The highest BCUT2D eigenvalue weighted by Crippen LogP contribution is 2.31. The van der Waals surface area contributed by atoms with Gasteiger partial charge in [0, 0.05) is 22.9 Å². The summed E-state index contributed by atoms with van der Waals surface area (Å²) in [5, 5.41) is 6.08. The highest BCUT2D eigenvalue weighted by atomic mass is 32.1. The molecule has 0 N–H and O–H groups in total. The Balaban J connectivity index is 1.79. The van der Waals surface area contributed by atoms with Gasteiger partial charge in [0.2, 0.25) is 0 Å². The van der Waals surface area contributed by atoms with Crippen LogP contribution in [0.15, 0.2) is 33.2 Å². The number of rotatable bonds is 4. The lowest BCUT2D eigenvalue weighted by Gasteiger charge is -2.21. The van der Waals surface area contributed by atoms with E-state index in [1.807, 2.05) is 16.3 Å². The first-order chi connectivity index (χ1) is 8.74. The summed E-state index contributed by atoms with van der Waals surface area (Å²) >= 11 is 7.42. The van der Waals surface area contributed by atoms with Crippen molar-refractivity contribution in [3.63, 3.8) is 0 Å². The highest BCUT2D eigenvalue weighted by molar-refractivity contribution is 7.80. The Kier molecular flexibility index (Phi) is 3.46. The molecule has 0 radical (unpaired) electrons. The molecule has 1 aliphatic rings. The van der Waals surface area contributed by atoms with Crippen LogP contribution in [0.5, 0.6) is 0 Å². The molecule has 2 aromatic heterocycles. The Morgan fingerprint density at radius 2 is 2.28 bits per heavy atom. The summed E-state index contributed by atoms with van der Waals surface area (Å²) in [6.07, 6.45) is 2.27. The van der Waals surface area contributed by atoms with Gasteiger partial charge < -0.3 is 4.90 Å². The molecule has 3 rings (SSSR count). The van der Waals surface area contributed by atoms with Crippen molar-refractivity contribution in [3.05, 3.63) is 38.7 Å². The van der Waals surface area contributed by atoms with E-state index in [9.17, 15) is 4.79 Å². The number of hydrogen-bond donors (Lipinski definition) is 1. The monoisotopic (exact) mass is 295 g/mol. The maximum atomic E-state index is 12.5. The SMILES string of the molecule is O=C(c1cc(S)cs1)N(Cc1ccsc1)C1CC1. The quantitative estimate of drug-likeness (QED) is 0.848. The van der Waals surface area contributed by atoms with Crippen molar-refractivity contribution in [1.29, 1.82) is 0 Å². The minimum atomic E-state index is 0.147. The third kappa shape index (κ3) is 2.63. The van der Waals surface area contributed by atoms with Gasteiger partial charge in [-0.2, -0.15) is 11.3 Å². The molecule has 0 saturated heterocycles. The van der Waals surface area contributed by atoms with Crippen LogP contribution < -0.4 is 0 Å². The van der Waals surface area contributed by atoms with Gasteiger partial charge in [-0.15, -0.1) is 24.0 Å². The first-order valence-electron chi connectivity index (χ1n) is 5.83. The van der Waals surface area contributed by atoms with E-state index in [4.69, 9.17) is 0 Å². The lowest BCUT2D eigenvalue weighted by molar-refractivity contribution is 0.0735.